The van der Waals surface area contributed by atoms with E-state index in [2.05, 4.69) is 5.32 Å². The predicted octanol–water partition coefficient (Wildman–Crippen LogP) is 4.33. The van der Waals surface area contributed by atoms with Gasteiger partial charge in [-0.25, -0.2) is 0 Å². The molecule has 0 heterocycles. The second-order valence-electron chi connectivity index (χ2n) is 6.40. The number of rotatable bonds is 5. The molecule has 2 aromatic rings. The molecule has 1 fully saturated rings. The molecule has 0 radical (unpaired) electrons. The number of amides is 2. The lowest BCUT2D eigenvalue weighted by Crippen LogP contribution is -2.33. The van der Waals surface area contributed by atoms with Crippen LogP contribution in [0.1, 0.15) is 18.9 Å². The maximum Gasteiger partial charge on any atom is 0.418 e. The van der Waals surface area contributed by atoms with E-state index in [-0.39, 0.29) is 11.6 Å². The normalized spacial score (nSPS) is 18.7. The first kappa shape index (κ1) is 18.9. The van der Waals surface area contributed by atoms with Gasteiger partial charge in [0.05, 0.1) is 23.1 Å². The third kappa shape index (κ3) is 4.13. The van der Waals surface area contributed by atoms with Crippen molar-refractivity contribution in [2.45, 2.75) is 19.5 Å². The Morgan fingerprint density at radius 3 is 2.30 bits per heavy atom. The highest BCUT2D eigenvalue weighted by atomic mass is 19.4. The molecule has 1 N–H and O–H groups in total. The molecule has 1 aliphatic rings. The molecule has 0 bridgehead atoms. The van der Waals surface area contributed by atoms with Crippen molar-refractivity contribution in [3.8, 4) is 0 Å². The highest BCUT2D eigenvalue weighted by Gasteiger charge is 2.50. The zero-order chi connectivity index (χ0) is 19.6. The quantitative estimate of drug-likeness (QED) is 0.844. The van der Waals surface area contributed by atoms with E-state index in [9.17, 15) is 22.8 Å². The molecule has 142 valence electrons. The van der Waals surface area contributed by atoms with Crippen molar-refractivity contribution in [3.63, 3.8) is 0 Å². The second-order valence-corrected chi connectivity index (χ2v) is 6.40. The fraction of sp³-hybridized carbons (Fsp3) is 0.300. The number of hydrogen-bond acceptors (Lipinski definition) is 2. The minimum atomic E-state index is -4.56. The largest absolute Gasteiger partial charge is 0.418 e. The van der Waals surface area contributed by atoms with E-state index in [1.54, 1.807) is 17.0 Å². The Balaban J connectivity index is 1.68. The molecule has 0 aromatic heterocycles. The molecule has 4 nitrogen and oxygen atoms in total. The molecule has 2 atom stereocenters. The minimum Gasteiger partial charge on any atom is -0.325 e. The predicted molar refractivity (Wildman–Crippen MR) is 96.1 cm³/mol. The number of nitrogens with zero attached hydrogens (tertiary/aromatic N) is 1. The van der Waals surface area contributed by atoms with Crippen LogP contribution in [0.15, 0.2) is 54.6 Å². The van der Waals surface area contributed by atoms with Crippen LogP contribution < -0.4 is 10.2 Å². The smallest absolute Gasteiger partial charge is 0.325 e. The monoisotopic (exact) mass is 376 g/mol. The van der Waals surface area contributed by atoms with Gasteiger partial charge in [0.1, 0.15) is 0 Å². The van der Waals surface area contributed by atoms with Gasteiger partial charge in [0.25, 0.3) is 0 Å². The van der Waals surface area contributed by atoms with Crippen LogP contribution >= 0.6 is 0 Å². The average molecular weight is 376 g/mol. The molecule has 1 saturated carbocycles. The molecule has 7 heteroatoms. The first-order chi connectivity index (χ1) is 12.8. The van der Waals surface area contributed by atoms with E-state index in [1.165, 1.54) is 18.2 Å². The fourth-order valence-electron chi connectivity index (χ4n) is 3.10. The van der Waals surface area contributed by atoms with Crippen molar-refractivity contribution in [2.75, 3.05) is 16.8 Å². The van der Waals surface area contributed by atoms with E-state index < -0.39 is 29.5 Å². The summed E-state index contributed by atoms with van der Waals surface area (Å²) in [6.07, 6.45) is -4.23. The summed E-state index contributed by atoms with van der Waals surface area (Å²) in [4.78, 5) is 26.6. The van der Waals surface area contributed by atoms with Crippen LogP contribution in [-0.4, -0.2) is 18.4 Å². The first-order valence-corrected chi connectivity index (χ1v) is 8.66. The number of halogens is 3. The molecule has 1 aliphatic carbocycles. The third-order valence-corrected chi connectivity index (χ3v) is 4.58. The Morgan fingerprint density at radius 2 is 1.67 bits per heavy atom. The van der Waals surface area contributed by atoms with Crippen LogP contribution in [0, 0.1) is 11.8 Å². The molecule has 3 rings (SSSR count). The van der Waals surface area contributed by atoms with Crippen molar-refractivity contribution >= 4 is 23.2 Å². The van der Waals surface area contributed by atoms with Crippen LogP contribution in [0.4, 0.5) is 24.5 Å². The molecule has 2 unspecified atom stereocenters. The number of anilines is 2. The molecule has 0 aliphatic heterocycles. The van der Waals surface area contributed by atoms with Gasteiger partial charge >= 0.3 is 6.18 Å². The topological polar surface area (TPSA) is 49.4 Å². The van der Waals surface area contributed by atoms with E-state index in [1.807, 2.05) is 25.1 Å². The molecule has 0 saturated heterocycles. The van der Waals surface area contributed by atoms with Crippen molar-refractivity contribution in [1.29, 1.82) is 0 Å². The summed E-state index contributed by atoms with van der Waals surface area (Å²) < 4.78 is 39.1. The number of carbonyl (C=O) groups excluding carboxylic acids is 2. The van der Waals surface area contributed by atoms with Gasteiger partial charge in [-0.05, 0) is 37.6 Å². The number of benzene rings is 2. The van der Waals surface area contributed by atoms with Crippen LogP contribution in [0.25, 0.3) is 0 Å². The lowest BCUT2D eigenvalue weighted by molar-refractivity contribution is -0.137. The van der Waals surface area contributed by atoms with E-state index in [0.717, 1.165) is 11.8 Å². The van der Waals surface area contributed by atoms with Gasteiger partial charge in [0.15, 0.2) is 0 Å². The van der Waals surface area contributed by atoms with Gasteiger partial charge in [-0.15, -0.1) is 0 Å². The summed E-state index contributed by atoms with van der Waals surface area (Å²) >= 11 is 0. The van der Waals surface area contributed by atoms with E-state index in [4.69, 9.17) is 0 Å². The van der Waals surface area contributed by atoms with Gasteiger partial charge < -0.3 is 10.2 Å². The maximum atomic E-state index is 13.0. The highest BCUT2D eigenvalue weighted by molar-refractivity contribution is 6.04. The van der Waals surface area contributed by atoms with Gasteiger partial charge in [0, 0.05) is 12.2 Å². The van der Waals surface area contributed by atoms with Crippen molar-refractivity contribution in [1.82, 2.24) is 0 Å². The summed E-state index contributed by atoms with van der Waals surface area (Å²) in [6, 6.07) is 13.9. The number of carbonyl (C=O) groups is 2. The van der Waals surface area contributed by atoms with Gasteiger partial charge in [-0.3, -0.25) is 9.59 Å². The zero-order valence-electron chi connectivity index (χ0n) is 14.7. The number of para-hydroxylation sites is 2. The van der Waals surface area contributed by atoms with Gasteiger partial charge in [0.2, 0.25) is 11.8 Å². The summed E-state index contributed by atoms with van der Waals surface area (Å²) in [5, 5.41) is 2.33. The highest BCUT2D eigenvalue weighted by Crippen LogP contribution is 2.42. The van der Waals surface area contributed by atoms with Crippen molar-refractivity contribution in [3.05, 3.63) is 60.2 Å². The zero-order valence-corrected chi connectivity index (χ0v) is 14.7. The summed E-state index contributed by atoms with van der Waals surface area (Å²) in [5.74, 6) is -1.87. The molecule has 2 aromatic carbocycles. The maximum absolute atomic E-state index is 13.0. The van der Waals surface area contributed by atoms with Gasteiger partial charge in [-0.2, -0.15) is 13.2 Å². The van der Waals surface area contributed by atoms with Crippen LogP contribution in [0.3, 0.4) is 0 Å². The van der Waals surface area contributed by atoms with E-state index >= 15 is 0 Å². The Bertz CT molecular complexity index is 837. The second kappa shape index (κ2) is 7.42. The number of nitrogens with one attached hydrogen (secondary N) is 1. The molecule has 2 amide bonds. The first-order valence-electron chi connectivity index (χ1n) is 8.66. The molecular formula is C20H19F3N2O2. The summed E-state index contributed by atoms with van der Waals surface area (Å²) in [7, 11) is 0. The van der Waals surface area contributed by atoms with Crippen LogP contribution in [0.5, 0.6) is 0 Å². The third-order valence-electron chi connectivity index (χ3n) is 4.58. The Hall–Kier alpha value is -2.83. The number of hydrogen-bond donors (Lipinski definition) is 1. The average Bonchev–Trinajstić information content (AvgIpc) is 3.44. The standard InChI is InChI=1S/C20H19F3N2O2/c1-2-25(13-8-4-3-5-9-13)19(27)15-12-14(15)18(26)24-17-11-7-6-10-16(17)20(21,22)23/h3-11,14-15H,2,12H2,1H3,(H,24,26). The fourth-order valence-corrected chi connectivity index (χ4v) is 3.10. The van der Waals surface area contributed by atoms with Gasteiger partial charge in [-0.1, -0.05) is 30.3 Å². The van der Waals surface area contributed by atoms with Crippen LogP contribution in [-0.2, 0) is 15.8 Å². The van der Waals surface area contributed by atoms with Crippen molar-refractivity contribution in [2.24, 2.45) is 11.8 Å². The van der Waals surface area contributed by atoms with Crippen LogP contribution in [0.2, 0.25) is 0 Å². The number of alkyl halides is 3. The minimum absolute atomic E-state index is 0.187. The lowest BCUT2D eigenvalue weighted by atomic mass is 10.1. The lowest BCUT2D eigenvalue weighted by Gasteiger charge is -2.21. The summed E-state index contributed by atoms with van der Waals surface area (Å²) in [5.41, 5.74) is -0.455. The molecule has 0 spiro atoms. The van der Waals surface area contributed by atoms with Crippen molar-refractivity contribution < 1.29 is 22.8 Å². The Kier molecular flexibility index (Phi) is 5.21. The summed E-state index contributed by atoms with van der Waals surface area (Å²) in [6.45, 7) is 2.28. The van der Waals surface area contributed by atoms with E-state index in [0.29, 0.717) is 13.0 Å². The molecular weight excluding hydrogens is 357 g/mol. The molecule has 27 heavy (non-hydrogen) atoms. The Morgan fingerprint density at radius 1 is 1.04 bits per heavy atom. The SMILES string of the molecule is CCN(C(=O)C1CC1C(=O)Nc1ccccc1C(F)(F)F)c1ccccc1. The Labute approximate surface area is 155 Å².